The quantitative estimate of drug-likeness (QED) is 0.662. The van der Waals surface area contributed by atoms with E-state index in [1.807, 2.05) is 0 Å². The number of benzene rings is 2. The van der Waals surface area contributed by atoms with Crippen molar-refractivity contribution in [2.45, 2.75) is 12.3 Å². The minimum absolute atomic E-state index is 0.0301. The molecule has 1 aliphatic heterocycles. The van der Waals surface area contributed by atoms with Gasteiger partial charge in [0, 0.05) is 18.5 Å². The first kappa shape index (κ1) is 16.8. The molecule has 136 valence electrons. The van der Waals surface area contributed by atoms with Crippen molar-refractivity contribution in [3.05, 3.63) is 77.4 Å². The summed E-state index contributed by atoms with van der Waals surface area (Å²) in [5.41, 5.74) is 1.31. The smallest absolute Gasteiger partial charge is 0.339 e. The molecule has 0 saturated heterocycles. The van der Waals surface area contributed by atoms with E-state index in [0.717, 1.165) is 0 Å². The molecule has 27 heavy (non-hydrogen) atoms. The number of para-hydroxylation sites is 1. The number of fused-ring (bicyclic) bond motifs is 1. The highest BCUT2D eigenvalue weighted by Crippen LogP contribution is 2.42. The third kappa shape index (κ3) is 2.83. The molecule has 0 fully saturated rings. The summed E-state index contributed by atoms with van der Waals surface area (Å²) in [6.45, 7) is 0. The molecule has 6 nitrogen and oxygen atoms in total. The van der Waals surface area contributed by atoms with Gasteiger partial charge in [0.05, 0.1) is 17.1 Å². The molecule has 1 aromatic heterocycles. The molecule has 1 aliphatic rings. The second-order valence-electron chi connectivity index (χ2n) is 6.33. The zero-order valence-corrected chi connectivity index (χ0v) is 14.0. The topological polar surface area (TPSA) is 91.6 Å². The van der Waals surface area contributed by atoms with E-state index < -0.39 is 17.7 Å². The van der Waals surface area contributed by atoms with Gasteiger partial charge in [0.25, 0.3) is 0 Å². The molecule has 1 atom stereocenters. The fraction of sp³-hybridized carbons (Fsp3) is 0.100. The number of rotatable bonds is 3. The number of anilines is 1. The van der Waals surface area contributed by atoms with E-state index in [1.165, 1.54) is 35.0 Å². The molecule has 7 heteroatoms. The van der Waals surface area contributed by atoms with Crippen molar-refractivity contribution in [2.75, 3.05) is 5.32 Å². The Bertz CT molecular complexity index is 1070. The lowest BCUT2D eigenvalue weighted by atomic mass is 9.88. The van der Waals surface area contributed by atoms with Crippen molar-refractivity contribution < 1.29 is 24.2 Å². The molecule has 0 aliphatic carbocycles. The van der Waals surface area contributed by atoms with E-state index in [9.17, 15) is 24.2 Å². The number of nitrogens with zero attached hydrogens (tertiary/aromatic N) is 1. The van der Waals surface area contributed by atoms with E-state index in [2.05, 4.69) is 5.32 Å². The van der Waals surface area contributed by atoms with Gasteiger partial charge >= 0.3 is 5.97 Å². The van der Waals surface area contributed by atoms with Crippen LogP contribution in [0.5, 0.6) is 5.75 Å². The molecular formula is C20H15FN2O4. The van der Waals surface area contributed by atoms with Crippen LogP contribution in [0.2, 0.25) is 0 Å². The molecule has 4 rings (SSSR count). The summed E-state index contributed by atoms with van der Waals surface area (Å²) in [6, 6.07) is 12.4. The Kier molecular flexibility index (Phi) is 3.92. The first-order chi connectivity index (χ1) is 13.0. The van der Waals surface area contributed by atoms with Gasteiger partial charge in [-0.3, -0.25) is 4.79 Å². The Morgan fingerprint density at radius 3 is 2.67 bits per heavy atom. The summed E-state index contributed by atoms with van der Waals surface area (Å²) >= 11 is 0. The number of phenols is 1. The predicted molar refractivity (Wildman–Crippen MR) is 95.9 cm³/mol. The minimum atomic E-state index is -1.22. The molecule has 3 N–H and O–H groups in total. The maximum Gasteiger partial charge on any atom is 0.339 e. The first-order valence-corrected chi connectivity index (χ1v) is 8.28. The lowest BCUT2D eigenvalue weighted by Gasteiger charge is -2.26. The van der Waals surface area contributed by atoms with Crippen molar-refractivity contribution in [1.29, 1.82) is 0 Å². The molecule has 2 heterocycles. The first-order valence-electron chi connectivity index (χ1n) is 8.28. The summed E-state index contributed by atoms with van der Waals surface area (Å²) in [6.07, 6.45) is 1.36. The summed E-state index contributed by atoms with van der Waals surface area (Å²) in [4.78, 5) is 23.9. The summed E-state index contributed by atoms with van der Waals surface area (Å²) in [5.74, 6) is -2.59. The van der Waals surface area contributed by atoms with Gasteiger partial charge in [-0.15, -0.1) is 0 Å². The fourth-order valence-electron chi connectivity index (χ4n) is 3.49. The average molecular weight is 366 g/mol. The number of carbonyl (C=O) groups excluding carboxylic acids is 1. The van der Waals surface area contributed by atoms with Crippen molar-refractivity contribution in [2.24, 2.45) is 0 Å². The van der Waals surface area contributed by atoms with E-state index in [0.29, 0.717) is 11.3 Å². The highest BCUT2D eigenvalue weighted by molar-refractivity contribution is 6.04. The maximum absolute atomic E-state index is 14.4. The Labute approximate surface area is 153 Å². The van der Waals surface area contributed by atoms with E-state index in [4.69, 9.17) is 0 Å². The number of carbonyl (C=O) groups is 2. The Hall–Kier alpha value is -3.61. The molecule has 1 amide bonds. The van der Waals surface area contributed by atoms with Gasteiger partial charge in [0.1, 0.15) is 17.1 Å². The molecule has 2 aromatic carbocycles. The van der Waals surface area contributed by atoms with Gasteiger partial charge < -0.3 is 20.1 Å². The van der Waals surface area contributed by atoms with Crippen LogP contribution in [0.15, 0.2) is 54.7 Å². The average Bonchev–Trinajstić information content (AvgIpc) is 3.01. The van der Waals surface area contributed by atoms with Crippen molar-refractivity contribution in [3.8, 4) is 11.4 Å². The van der Waals surface area contributed by atoms with E-state index in [-0.39, 0.29) is 35.0 Å². The normalized spacial score (nSPS) is 15.9. The van der Waals surface area contributed by atoms with Gasteiger partial charge in [-0.25, -0.2) is 9.18 Å². The lowest BCUT2D eigenvalue weighted by molar-refractivity contribution is -0.116. The van der Waals surface area contributed by atoms with Crippen molar-refractivity contribution in [3.63, 3.8) is 0 Å². The summed E-state index contributed by atoms with van der Waals surface area (Å²) < 4.78 is 15.9. The van der Waals surface area contributed by atoms with Crippen LogP contribution >= 0.6 is 0 Å². The van der Waals surface area contributed by atoms with Crippen LogP contribution in [-0.4, -0.2) is 26.7 Å². The maximum atomic E-state index is 14.4. The molecule has 0 spiro atoms. The number of phenolic OH excluding ortho intramolecular Hbond substituents is 1. The van der Waals surface area contributed by atoms with Gasteiger partial charge in [0.15, 0.2) is 0 Å². The highest BCUT2D eigenvalue weighted by atomic mass is 19.1. The zero-order valence-electron chi connectivity index (χ0n) is 14.0. The molecular weight excluding hydrogens is 351 g/mol. The highest BCUT2D eigenvalue weighted by Gasteiger charge is 2.34. The monoisotopic (exact) mass is 366 g/mol. The van der Waals surface area contributed by atoms with E-state index >= 15 is 0 Å². The predicted octanol–water partition coefficient (Wildman–Crippen LogP) is 3.49. The SMILES string of the molecule is O=C1C[C@@H](c2cccc(O)c2)c2c(c(C(=O)O)cn2-c2ccccc2F)N1. The number of aromatic hydroxyl groups is 1. The number of halogens is 1. The van der Waals surface area contributed by atoms with Crippen LogP contribution in [0.25, 0.3) is 5.69 Å². The van der Waals surface area contributed by atoms with Crippen LogP contribution < -0.4 is 5.32 Å². The Morgan fingerprint density at radius 1 is 1.19 bits per heavy atom. The number of carboxylic acid groups (broad SMARTS) is 1. The van der Waals surface area contributed by atoms with Crippen LogP contribution in [0, 0.1) is 5.82 Å². The van der Waals surface area contributed by atoms with Gasteiger partial charge in [-0.05, 0) is 29.8 Å². The van der Waals surface area contributed by atoms with E-state index in [1.54, 1.807) is 24.3 Å². The number of nitrogens with one attached hydrogen (secondary N) is 1. The number of aromatic nitrogens is 1. The fourth-order valence-corrected chi connectivity index (χ4v) is 3.49. The molecule has 3 aromatic rings. The standard InChI is InChI=1S/C20H15FN2O4/c21-15-6-1-2-7-16(15)23-10-14(20(26)27)18-19(23)13(9-17(25)22-18)11-4-3-5-12(24)8-11/h1-8,10,13,24H,9H2,(H,22,25)(H,26,27)/t13-/m0/s1. The summed E-state index contributed by atoms with van der Waals surface area (Å²) in [7, 11) is 0. The number of hydrogen-bond acceptors (Lipinski definition) is 3. The Morgan fingerprint density at radius 2 is 1.96 bits per heavy atom. The van der Waals surface area contributed by atoms with Crippen LogP contribution in [0.3, 0.4) is 0 Å². The minimum Gasteiger partial charge on any atom is -0.508 e. The number of carboxylic acids is 1. The Balaban J connectivity index is 2.01. The largest absolute Gasteiger partial charge is 0.508 e. The van der Waals surface area contributed by atoms with Crippen LogP contribution in [0.4, 0.5) is 10.1 Å². The third-order valence-corrected chi connectivity index (χ3v) is 4.64. The number of hydrogen-bond donors (Lipinski definition) is 3. The number of aromatic carboxylic acids is 1. The van der Waals surface area contributed by atoms with Gasteiger partial charge in [-0.1, -0.05) is 24.3 Å². The van der Waals surface area contributed by atoms with Crippen LogP contribution in [-0.2, 0) is 4.79 Å². The number of amides is 1. The zero-order chi connectivity index (χ0) is 19.1. The van der Waals surface area contributed by atoms with Crippen molar-refractivity contribution >= 4 is 17.6 Å². The summed E-state index contributed by atoms with van der Waals surface area (Å²) in [5, 5.41) is 22.0. The molecule has 0 radical (unpaired) electrons. The van der Waals surface area contributed by atoms with Crippen LogP contribution in [0.1, 0.15) is 34.0 Å². The third-order valence-electron chi connectivity index (χ3n) is 4.64. The molecule has 0 unspecified atom stereocenters. The molecule has 0 bridgehead atoms. The molecule has 0 saturated carbocycles. The van der Waals surface area contributed by atoms with Gasteiger partial charge in [-0.2, -0.15) is 0 Å². The second kappa shape index (κ2) is 6.28. The second-order valence-corrected chi connectivity index (χ2v) is 6.33. The van der Waals surface area contributed by atoms with Crippen molar-refractivity contribution in [1.82, 2.24) is 4.57 Å². The lowest BCUT2D eigenvalue weighted by Crippen LogP contribution is -2.25. The van der Waals surface area contributed by atoms with Gasteiger partial charge in [0.2, 0.25) is 5.91 Å².